The number of ether oxygens (including phenoxy) is 1. The van der Waals surface area contributed by atoms with Gasteiger partial charge in [0.05, 0.1) is 0 Å². The van der Waals surface area contributed by atoms with Crippen LogP contribution in [0, 0.1) is 29.6 Å². The summed E-state index contributed by atoms with van der Waals surface area (Å²) in [6, 6.07) is 3.58. The van der Waals surface area contributed by atoms with Crippen LogP contribution in [-0.4, -0.2) is 18.6 Å². The fraction of sp³-hybridized carbons (Fsp3) is 0.741. The predicted molar refractivity (Wildman–Crippen MR) is 126 cm³/mol. The molecule has 4 nitrogen and oxygen atoms in total. The quantitative estimate of drug-likeness (QED) is 0.512. The third-order valence-corrected chi connectivity index (χ3v) is 9.42. The van der Waals surface area contributed by atoms with Gasteiger partial charge in [0.15, 0.2) is 0 Å². The van der Waals surface area contributed by atoms with Gasteiger partial charge in [-0.25, -0.2) is 4.79 Å². The molecule has 0 aliphatic heterocycles. The molecule has 2 saturated carbocycles. The van der Waals surface area contributed by atoms with Crippen molar-refractivity contribution in [2.24, 2.45) is 34.1 Å². The Balaban J connectivity index is 1.63. The molecule has 31 heavy (non-hydrogen) atoms. The van der Waals surface area contributed by atoms with E-state index in [0.29, 0.717) is 35.5 Å². The molecule has 4 heteroatoms. The van der Waals surface area contributed by atoms with Gasteiger partial charge in [-0.1, -0.05) is 34.1 Å². The van der Waals surface area contributed by atoms with E-state index in [2.05, 4.69) is 46.8 Å². The molecule has 1 aromatic rings. The summed E-state index contributed by atoms with van der Waals surface area (Å²) in [6.45, 7) is 12.8. The molecule has 3 aliphatic carbocycles. The highest BCUT2D eigenvalue weighted by molar-refractivity contribution is 5.78. The van der Waals surface area contributed by atoms with E-state index in [9.17, 15) is 4.79 Å². The van der Waals surface area contributed by atoms with Gasteiger partial charge in [-0.3, -0.25) is 0 Å². The molecule has 1 unspecified atom stereocenters. The lowest BCUT2D eigenvalue weighted by atomic mass is 9.43. The summed E-state index contributed by atoms with van der Waals surface area (Å²) in [6.07, 6.45) is 9.01. The van der Waals surface area contributed by atoms with Crippen molar-refractivity contribution in [3.63, 3.8) is 0 Å². The van der Waals surface area contributed by atoms with E-state index in [0.717, 1.165) is 18.8 Å². The van der Waals surface area contributed by atoms with Crippen LogP contribution in [0.2, 0.25) is 0 Å². The molecule has 0 bridgehead atoms. The van der Waals surface area contributed by atoms with Crippen LogP contribution in [0.3, 0.4) is 0 Å². The standard InChI is InChI=1S/C27H42N2O2/c1-17-14-19(31-24(30)20(29)8-6-13-28)15-18-16-22-26(4)11-7-10-25(2,3)21(26)9-12-27(22,5)23(17)18/h14-15,20-22H,6-13,16,28-29H2,1-5H3/t20?,21-,22+,26-,27-/m0/s1. The normalized spacial score (nSPS) is 34.4. The molecule has 0 amide bonds. The second-order valence-electron chi connectivity index (χ2n) is 11.8. The smallest absolute Gasteiger partial charge is 0.328 e. The first-order valence-electron chi connectivity index (χ1n) is 12.3. The monoisotopic (exact) mass is 426 g/mol. The molecule has 172 valence electrons. The number of benzene rings is 1. The van der Waals surface area contributed by atoms with Gasteiger partial charge in [-0.15, -0.1) is 0 Å². The third kappa shape index (κ3) is 3.64. The van der Waals surface area contributed by atoms with E-state index in [-0.39, 0.29) is 11.4 Å². The maximum Gasteiger partial charge on any atom is 0.328 e. The van der Waals surface area contributed by atoms with Crippen LogP contribution in [-0.2, 0) is 16.6 Å². The maximum absolute atomic E-state index is 12.5. The Labute approximate surface area is 188 Å². The van der Waals surface area contributed by atoms with Gasteiger partial charge in [-0.2, -0.15) is 0 Å². The highest BCUT2D eigenvalue weighted by Gasteiger charge is 2.61. The molecular weight excluding hydrogens is 384 g/mol. The summed E-state index contributed by atoms with van der Waals surface area (Å²) in [7, 11) is 0. The Kier molecular flexibility index (Phi) is 5.79. The zero-order valence-corrected chi connectivity index (χ0v) is 20.2. The molecule has 5 atom stereocenters. The summed E-state index contributed by atoms with van der Waals surface area (Å²) in [5, 5.41) is 0. The fourth-order valence-electron chi connectivity index (χ4n) is 8.14. The molecule has 1 aromatic carbocycles. The van der Waals surface area contributed by atoms with E-state index in [4.69, 9.17) is 16.2 Å². The molecule has 4 N–H and O–H groups in total. The van der Waals surface area contributed by atoms with Gasteiger partial charge in [-0.05, 0) is 115 Å². The minimum absolute atomic E-state index is 0.220. The molecule has 0 radical (unpaired) electrons. The zero-order valence-electron chi connectivity index (χ0n) is 20.2. The Morgan fingerprint density at radius 3 is 2.61 bits per heavy atom. The van der Waals surface area contributed by atoms with E-state index in [1.165, 1.54) is 48.8 Å². The second kappa shape index (κ2) is 7.88. The average molecular weight is 427 g/mol. The van der Waals surface area contributed by atoms with E-state index in [1.54, 1.807) is 0 Å². The maximum atomic E-state index is 12.5. The first-order valence-corrected chi connectivity index (χ1v) is 12.3. The van der Waals surface area contributed by atoms with Crippen molar-refractivity contribution >= 4 is 5.97 Å². The number of rotatable bonds is 5. The van der Waals surface area contributed by atoms with Gasteiger partial charge in [0.2, 0.25) is 0 Å². The first kappa shape index (κ1) is 22.8. The van der Waals surface area contributed by atoms with Crippen molar-refractivity contribution in [1.82, 2.24) is 0 Å². The number of carbonyl (C=O) groups is 1. The third-order valence-electron chi connectivity index (χ3n) is 9.42. The lowest BCUT2D eigenvalue weighted by Crippen LogP contribution is -2.55. The van der Waals surface area contributed by atoms with Crippen molar-refractivity contribution in [1.29, 1.82) is 0 Å². The van der Waals surface area contributed by atoms with Crippen molar-refractivity contribution in [2.45, 2.75) is 97.4 Å². The molecular formula is C27H42N2O2. The van der Waals surface area contributed by atoms with Crippen LogP contribution in [0.4, 0.5) is 0 Å². The summed E-state index contributed by atoms with van der Waals surface area (Å²) in [5.74, 6) is 1.75. The van der Waals surface area contributed by atoms with Crippen LogP contribution < -0.4 is 16.2 Å². The zero-order chi connectivity index (χ0) is 22.6. The Morgan fingerprint density at radius 2 is 1.90 bits per heavy atom. The van der Waals surface area contributed by atoms with Crippen LogP contribution in [0.15, 0.2) is 12.1 Å². The molecule has 0 spiro atoms. The highest BCUT2D eigenvalue weighted by Crippen LogP contribution is 2.67. The summed E-state index contributed by atoms with van der Waals surface area (Å²) in [5.41, 5.74) is 16.7. The fourth-order valence-corrected chi connectivity index (χ4v) is 8.14. The van der Waals surface area contributed by atoms with Crippen LogP contribution in [0.25, 0.3) is 0 Å². The number of hydrogen-bond acceptors (Lipinski definition) is 4. The number of hydrogen-bond donors (Lipinski definition) is 2. The lowest BCUT2D eigenvalue weighted by molar-refractivity contribution is -0.136. The Morgan fingerprint density at radius 1 is 1.16 bits per heavy atom. The van der Waals surface area contributed by atoms with E-state index in [1.807, 2.05) is 0 Å². The molecule has 0 heterocycles. The molecule has 2 fully saturated rings. The number of esters is 1. The van der Waals surface area contributed by atoms with Crippen molar-refractivity contribution in [3.8, 4) is 5.75 Å². The van der Waals surface area contributed by atoms with Gasteiger partial charge in [0.25, 0.3) is 0 Å². The Bertz CT molecular complexity index is 863. The van der Waals surface area contributed by atoms with Gasteiger partial charge in [0, 0.05) is 0 Å². The minimum atomic E-state index is -0.610. The summed E-state index contributed by atoms with van der Waals surface area (Å²) in [4.78, 5) is 12.5. The molecule has 3 aliphatic rings. The SMILES string of the molecule is Cc1cc(OC(=O)C(N)CCCN)cc2c1[C@@]1(C)CC[C@H]3C(C)(C)CCC[C@]3(C)[C@H]1C2. The second-order valence-corrected chi connectivity index (χ2v) is 11.8. The predicted octanol–water partition coefficient (Wildman–Crippen LogP) is 5.02. The van der Waals surface area contributed by atoms with E-state index < -0.39 is 6.04 Å². The van der Waals surface area contributed by atoms with Crippen LogP contribution >= 0.6 is 0 Å². The first-order chi connectivity index (χ1) is 14.5. The van der Waals surface area contributed by atoms with Crippen LogP contribution in [0.5, 0.6) is 5.75 Å². The molecule has 0 aromatic heterocycles. The van der Waals surface area contributed by atoms with Crippen molar-refractivity contribution < 1.29 is 9.53 Å². The lowest BCUT2D eigenvalue weighted by Gasteiger charge is -2.61. The number of nitrogens with two attached hydrogens (primary N) is 2. The van der Waals surface area contributed by atoms with E-state index >= 15 is 0 Å². The summed E-state index contributed by atoms with van der Waals surface area (Å²) < 4.78 is 5.73. The van der Waals surface area contributed by atoms with Gasteiger partial charge < -0.3 is 16.2 Å². The highest BCUT2D eigenvalue weighted by atomic mass is 16.5. The number of aryl methyl sites for hydroxylation is 1. The van der Waals surface area contributed by atoms with Gasteiger partial charge >= 0.3 is 5.97 Å². The average Bonchev–Trinajstić information content (AvgIpc) is 2.99. The topological polar surface area (TPSA) is 78.3 Å². The summed E-state index contributed by atoms with van der Waals surface area (Å²) >= 11 is 0. The molecule has 0 saturated heterocycles. The van der Waals surface area contributed by atoms with Gasteiger partial charge in [0.1, 0.15) is 11.8 Å². The number of fused-ring (bicyclic) bond motifs is 5. The molecule has 4 rings (SSSR count). The van der Waals surface area contributed by atoms with Crippen molar-refractivity contribution in [3.05, 3.63) is 28.8 Å². The number of carbonyl (C=O) groups excluding carboxylic acids is 1. The largest absolute Gasteiger partial charge is 0.425 e. The van der Waals surface area contributed by atoms with Crippen molar-refractivity contribution in [2.75, 3.05) is 6.54 Å². The van der Waals surface area contributed by atoms with Crippen LogP contribution in [0.1, 0.15) is 89.3 Å². The Hall–Kier alpha value is -1.39. The minimum Gasteiger partial charge on any atom is -0.425 e.